The minimum atomic E-state index is -1.13. The van der Waals surface area contributed by atoms with Gasteiger partial charge < -0.3 is 14.2 Å². The first-order valence-electron chi connectivity index (χ1n) is 7.59. The molecule has 8 nitrogen and oxygen atoms in total. The van der Waals surface area contributed by atoms with Gasteiger partial charge in [-0.3, -0.25) is 0 Å². The van der Waals surface area contributed by atoms with Crippen LogP contribution in [0.1, 0.15) is 32.6 Å². The maximum absolute atomic E-state index is 11.5. The van der Waals surface area contributed by atoms with Crippen molar-refractivity contribution in [1.29, 1.82) is 0 Å². The second-order valence-electron chi connectivity index (χ2n) is 5.10. The lowest BCUT2D eigenvalue weighted by atomic mass is 10.2. The molecule has 0 spiro atoms. The van der Waals surface area contributed by atoms with Gasteiger partial charge in [-0.1, -0.05) is 26.2 Å². The summed E-state index contributed by atoms with van der Waals surface area (Å²) in [5, 5.41) is 0. The maximum atomic E-state index is 11.5. The Balaban J connectivity index is 1.85. The third-order valence-corrected chi connectivity index (χ3v) is 3.88. The third kappa shape index (κ3) is 3.35. The zero-order chi connectivity index (χ0) is 16.9. The van der Waals surface area contributed by atoms with E-state index in [0.29, 0.717) is 18.2 Å². The molecule has 0 N–H and O–H groups in total. The van der Waals surface area contributed by atoms with E-state index in [1.54, 1.807) is 0 Å². The first-order chi connectivity index (χ1) is 11.7. The predicted octanol–water partition coefficient (Wildman–Crippen LogP) is 2.38. The highest BCUT2D eigenvalue weighted by Gasteiger charge is 2.32. The topological polar surface area (TPSA) is 101 Å². The maximum Gasteiger partial charge on any atom is 0.424 e. The molecule has 0 aromatic carbocycles. The molecule has 3 heterocycles. The average molecular weight is 349 g/mol. The number of hydrogen-bond donors (Lipinski definition) is 0. The molecule has 0 saturated heterocycles. The molecular formula is C15H15N3O5S. The molecule has 24 heavy (non-hydrogen) atoms. The van der Waals surface area contributed by atoms with E-state index in [9.17, 15) is 9.59 Å². The zero-order valence-electron chi connectivity index (χ0n) is 13.0. The number of carbonyl (C=O) groups excluding carboxylic acids is 2. The van der Waals surface area contributed by atoms with Gasteiger partial charge in [-0.15, -0.1) is 4.37 Å². The number of nitrogens with zero attached hydrogens (tertiary/aromatic N) is 3. The van der Waals surface area contributed by atoms with Gasteiger partial charge in [0, 0.05) is 12.3 Å². The summed E-state index contributed by atoms with van der Waals surface area (Å²) in [5.74, 6) is -1.84. The molecule has 0 unspecified atom stereocenters. The fourth-order valence-corrected chi connectivity index (χ4v) is 2.71. The smallest absolute Gasteiger partial charge is 0.424 e. The molecule has 1 aliphatic rings. The van der Waals surface area contributed by atoms with E-state index in [-0.39, 0.29) is 17.2 Å². The number of hydrogen-bond acceptors (Lipinski definition) is 9. The van der Waals surface area contributed by atoms with Gasteiger partial charge >= 0.3 is 11.9 Å². The van der Waals surface area contributed by atoms with Crippen molar-refractivity contribution in [2.45, 2.75) is 32.6 Å². The molecule has 0 radical (unpaired) electrons. The van der Waals surface area contributed by atoms with E-state index in [1.807, 2.05) is 0 Å². The Labute approximate surface area is 142 Å². The first-order valence-corrected chi connectivity index (χ1v) is 8.32. The number of aromatic nitrogens is 3. The van der Waals surface area contributed by atoms with Crippen LogP contribution in [0.5, 0.6) is 17.5 Å². The quantitative estimate of drug-likeness (QED) is 0.427. The summed E-state index contributed by atoms with van der Waals surface area (Å²) in [6.45, 7) is 2.64. The van der Waals surface area contributed by atoms with Crippen molar-refractivity contribution in [2.24, 2.45) is 0 Å². The van der Waals surface area contributed by atoms with E-state index in [2.05, 4.69) is 20.7 Å². The average Bonchev–Trinajstić information content (AvgIpc) is 3.00. The van der Waals surface area contributed by atoms with Crippen LogP contribution in [-0.2, 0) is 9.59 Å². The fraction of sp³-hybridized carbons (Fsp3) is 0.400. The lowest BCUT2D eigenvalue weighted by Gasteiger charge is -2.08. The molecule has 0 amide bonds. The Morgan fingerprint density at radius 2 is 1.96 bits per heavy atom. The number of ether oxygens (including phenoxy) is 3. The van der Waals surface area contributed by atoms with Crippen LogP contribution in [0, 0.1) is 0 Å². The number of carbonyl (C=O) groups is 2. The monoisotopic (exact) mass is 349 g/mol. The molecule has 2 aromatic heterocycles. The Hall–Kier alpha value is -2.55. The lowest BCUT2D eigenvalue weighted by molar-refractivity contribution is -0.155. The number of unbranched alkanes of at least 4 members (excludes halogenated alkanes) is 3. The van der Waals surface area contributed by atoms with Crippen molar-refractivity contribution in [3.05, 3.63) is 12.3 Å². The first kappa shape index (κ1) is 16.3. The van der Waals surface area contributed by atoms with Gasteiger partial charge in [-0.2, -0.15) is 4.37 Å². The van der Waals surface area contributed by atoms with Crippen LogP contribution >= 0.6 is 11.7 Å². The van der Waals surface area contributed by atoms with Crippen molar-refractivity contribution in [1.82, 2.24) is 13.7 Å². The number of rotatable bonds is 7. The Morgan fingerprint density at radius 3 is 2.79 bits per heavy atom. The van der Waals surface area contributed by atoms with E-state index in [4.69, 9.17) is 14.2 Å². The molecule has 2 bridgehead atoms. The van der Waals surface area contributed by atoms with E-state index in [1.165, 1.54) is 12.3 Å². The minimum Gasteiger partial charge on any atom is -0.475 e. The van der Waals surface area contributed by atoms with Crippen LogP contribution in [-0.4, -0.2) is 32.3 Å². The summed E-state index contributed by atoms with van der Waals surface area (Å²) in [7, 11) is 0. The Bertz CT molecular complexity index is 727. The van der Waals surface area contributed by atoms with Gasteiger partial charge in [0.25, 0.3) is 5.88 Å². The second-order valence-corrected chi connectivity index (χ2v) is 5.62. The second kappa shape index (κ2) is 7.35. The van der Waals surface area contributed by atoms with Crippen molar-refractivity contribution >= 4 is 23.7 Å². The molecule has 0 fully saturated rings. The van der Waals surface area contributed by atoms with Crippen molar-refractivity contribution in [2.75, 3.05) is 6.61 Å². The van der Waals surface area contributed by atoms with Gasteiger partial charge in [0.2, 0.25) is 5.88 Å². The summed E-state index contributed by atoms with van der Waals surface area (Å²) in [5.41, 5.74) is 0.630. The summed E-state index contributed by atoms with van der Waals surface area (Å²) >= 11 is 0.956. The summed E-state index contributed by atoms with van der Waals surface area (Å²) in [6.07, 6.45) is 5.64. The van der Waals surface area contributed by atoms with Gasteiger partial charge in [0.1, 0.15) is 11.3 Å². The molecule has 0 saturated carbocycles. The minimum absolute atomic E-state index is 0.0492. The van der Waals surface area contributed by atoms with Gasteiger partial charge in [0.05, 0.1) is 18.3 Å². The van der Waals surface area contributed by atoms with Gasteiger partial charge in [-0.25, -0.2) is 14.6 Å². The summed E-state index contributed by atoms with van der Waals surface area (Å²) in [6, 6.07) is 1.46. The highest BCUT2D eigenvalue weighted by atomic mass is 32.1. The van der Waals surface area contributed by atoms with Crippen molar-refractivity contribution < 1.29 is 23.8 Å². The van der Waals surface area contributed by atoms with Crippen molar-refractivity contribution in [3.8, 4) is 28.8 Å². The number of pyridine rings is 1. The highest BCUT2D eigenvalue weighted by molar-refractivity contribution is 6.99. The molecule has 3 rings (SSSR count). The van der Waals surface area contributed by atoms with E-state index < -0.39 is 11.9 Å². The molecule has 9 heteroatoms. The van der Waals surface area contributed by atoms with Crippen LogP contribution in [0.4, 0.5) is 0 Å². The molecule has 1 aliphatic heterocycles. The number of esters is 2. The molecule has 126 valence electrons. The fourth-order valence-electron chi connectivity index (χ4n) is 2.20. The van der Waals surface area contributed by atoms with Crippen LogP contribution in [0.2, 0.25) is 0 Å². The SMILES string of the molecule is CCCCCCOc1nsnc1-c1c2ccnc1OC(=O)C(=O)O2. The van der Waals surface area contributed by atoms with Gasteiger partial charge in [-0.05, 0) is 6.42 Å². The Kier molecular flexibility index (Phi) is 4.99. The summed E-state index contributed by atoms with van der Waals surface area (Å²) < 4.78 is 24.0. The molecule has 0 aliphatic carbocycles. The standard InChI is InChI=1S/C15H15N3O5S/c1-2-3-4-5-8-21-13-11(17-24-18-13)10-9-6-7-16-12(10)23-15(20)14(19)22-9/h6-7H,2-5,8H2,1H3. The van der Waals surface area contributed by atoms with Gasteiger partial charge in [0.15, 0.2) is 5.69 Å². The summed E-state index contributed by atoms with van der Waals surface area (Å²) in [4.78, 5) is 27.1. The molecular weight excluding hydrogens is 334 g/mol. The normalized spacial score (nSPS) is 13.2. The molecule has 0 atom stereocenters. The largest absolute Gasteiger partial charge is 0.475 e. The van der Waals surface area contributed by atoms with Crippen LogP contribution < -0.4 is 14.2 Å². The number of fused-ring (bicyclic) bond motifs is 2. The van der Waals surface area contributed by atoms with Crippen LogP contribution in [0.15, 0.2) is 12.3 Å². The zero-order valence-corrected chi connectivity index (χ0v) is 13.8. The lowest BCUT2D eigenvalue weighted by Crippen LogP contribution is -2.23. The van der Waals surface area contributed by atoms with Crippen molar-refractivity contribution in [3.63, 3.8) is 0 Å². The Morgan fingerprint density at radius 1 is 1.12 bits per heavy atom. The highest BCUT2D eigenvalue weighted by Crippen LogP contribution is 2.41. The van der Waals surface area contributed by atoms with Crippen LogP contribution in [0.3, 0.4) is 0 Å². The third-order valence-electron chi connectivity index (χ3n) is 3.37. The predicted molar refractivity (Wildman–Crippen MR) is 84.0 cm³/mol. The molecule has 2 aromatic rings. The van der Waals surface area contributed by atoms with E-state index in [0.717, 1.165) is 37.4 Å². The van der Waals surface area contributed by atoms with E-state index >= 15 is 0 Å². The van der Waals surface area contributed by atoms with Crippen LogP contribution in [0.25, 0.3) is 11.3 Å².